The second-order valence-corrected chi connectivity index (χ2v) is 15.1. The minimum Gasteiger partial charge on any atom is -0.483 e. The molecule has 1 aromatic carbocycles. The first kappa shape index (κ1) is 30.8. The number of morpholine rings is 1. The molecule has 4 heterocycles. The lowest BCUT2D eigenvalue weighted by molar-refractivity contribution is -0.141. The topological polar surface area (TPSA) is 146 Å². The van der Waals surface area contributed by atoms with Crippen LogP contribution in [0.2, 0.25) is 5.02 Å². The number of H-pyrrole nitrogens is 1. The Labute approximate surface area is 272 Å². The molecule has 14 heteroatoms. The SMILES string of the molecule is O=C(O)CCCCCN1C(=O)C2C3CC(C2C1=O)C1C3Sc2[nH]c(=O)sc2[C@@H]1c1cc(Cl)ccc1OCC(=O)N1CCOCC1. The van der Waals surface area contributed by atoms with Crippen LogP contribution in [-0.4, -0.2) is 88.3 Å². The number of unbranched alkanes of at least 4 members (excludes halogenated alkanes) is 2. The predicted molar refractivity (Wildman–Crippen MR) is 166 cm³/mol. The van der Waals surface area contributed by atoms with Crippen LogP contribution in [0.25, 0.3) is 0 Å². The molecule has 2 aromatic rings. The van der Waals surface area contributed by atoms with Crippen molar-refractivity contribution in [3.05, 3.63) is 43.3 Å². The number of ether oxygens (including phenoxy) is 2. The van der Waals surface area contributed by atoms with Gasteiger partial charge < -0.3 is 24.5 Å². The molecule has 45 heavy (non-hydrogen) atoms. The highest BCUT2D eigenvalue weighted by atomic mass is 35.5. The Morgan fingerprint density at radius 1 is 1.07 bits per heavy atom. The maximum atomic E-state index is 13.8. The van der Waals surface area contributed by atoms with E-state index in [1.54, 1.807) is 28.8 Å². The van der Waals surface area contributed by atoms with Gasteiger partial charge in [0.15, 0.2) is 6.61 Å². The highest BCUT2D eigenvalue weighted by molar-refractivity contribution is 8.00. The number of carbonyl (C=O) groups is 4. The Hall–Kier alpha value is -2.87. The number of aliphatic carboxylic acids is 1. The number of fused-ring (bicyclic) bond motifs is 9. The van der Waals surface area contributed by atoms with Crippen LogP contribution >= 0.6 is 34.7 Å². The summed E-state index contributed by atoms with van der Waals surface area (Å²) in [4.78, 5) is 70.8. The zero-order valence-electron chi connectivity index (χ0n) is 24.4. The number of hydrogen-bond acceptors (Lipinski definition) is 9. The van der Waals surface area contributed by atoms with E-state index in [1.165, 1.54) is 4.90 Å². The summed E-state index contributed by atoms with van der Waals surface area (Å²) in [5.41, 5.74) is 0.778. The predicted octanol–water partition coefficient (Wildman–Crippen LogP) is 3.45. The summed E-state index contributed by atoms with van der Waals surface area (Å²) >= 11 is 9.32. The number of halogens is 1. The molecule has 2 saturated carbocycles. The van der Waals surface area contributed by atoms with E-state index in [4.69, 9.17) is 26.2 Å². The number of rotatable bonds is 10. The molecule has 2 aliphatic carbocycles. The molecule has 2 N–H and O–H groups in total. The van der Waals surface area contributed by atoms with Crippen LogP contribution in [0.4, 0.5) is 0 Å². The Morgan fingerprint density at radius 3 is 2.58 bits per heavy atom. The van der Waals surface area contributed by atoms with Gasteiger partial charge >= 0.3 is 10.8 Å². The second kappa shape index (κ2) is 12.4. The first-order chi connectivity index (χ1) is 21.7. The summed E-state index contributed by atoms with van der Waals surface area (Å²) in [5, 5.41) is 10.2. The maximum absolute atomic E-state index is 13.8. The van der Waals surface area contributed by atoms with Gasteiger partial charge in [0.1, 0.15) is 5.75 Å². The Bertz CT molecular complexity index is 1590. The third kappa shape index (κ3) is 5.49. The molecule has 4 fully saturated rings. The summed E-state index contributed by atoms with van der Waals surface area (Å²) in [7, 11) is 0. The van der Waals surface area contributed by atoms with Crippen LogP contribution in [0, 0.1) is 29.6 Å². The summed E-state index contributed by atoms with van der Waals surface area (Å²) in [6, 6.07) is 5.33. The van der Waals surface area contributed by atoms with Crippen LogP contribution in [0.3, 0.4) is 0 Å². The minimum absolute atomic E-state index is 0.00748. The van der Waals surface area contributed by atoms with Crippen LogP contribution in [-0.2, 0) is 23.9 Å². The Balaban J connectivity index is 1.17. The highest BCUT2D eigenvalue weighted by Crippen LogP contribution is 2.69. The van der Waals surface area contributed by atoms with Crippen molar-refractivity contribution in [1.82, 2.24) is 14.8 Å². The fourth-order valence-corrected chi connectivity index (χ4v) is 11.4. The molecule has 2 saturated heterocycles. The molecule has 11 nitrogen and oxygen atoms in total. The average Bonchev–Trinajstić information content (AvgIpc) is 3.76. The normalized spacial score (nSPS) is 29.9. The van der Waals surface area contributed by atoms with E-state index in [1.807, 2.05) is 6.07 Å². The van der Waals surface area contributed by atoms with Gasteiger partial charge in [-0.15, -0.1) is 11.8 Å². The molecule has 3 aliphatic heterocycles. The number of aromatic nitrogens is 1. The fourth-order valence-electron chi connectivity index (χ4n) is 8.31. The summed E-state index contributed by atoms with van der Waals surface area (Å²) in [6.45, 7) is 2.16. The smallest absolute Gasteiger partial charge is 0.305 e. The number of aromatic amines is 1. The molecule has 7 rings (SSSR count). The lowest BCUT2D eigenvalue weighted by Gasteiger charge is -2.43. The number of amides is 3. The summed E-state index contributed by atoms with van der Waals surface area (Å²) in [6.07, 6.45) is 2.54. The largest absolute Gasteiger partial charge is 0.483 e. The van der Waals surface area contributed by atoms with E-state index in [2.05, 4.69) is 4.98 Å². The zero-order valence-corrected chi connectivity index (χ0v) is 26.8. The number of nitrogens with zero attached hydrogens (tertiary/aromatic N) is 2. The monoisotopic (exact) mass is 675 g/mol. The number of imide groups is 1. The van der Waals surface area contributed by atoms with E-state index in [9.17, 15) is 24.0 Å². The molecule has 3 amide bonds. The van der Waals surface area contributed by atoms with Crippen molar-refractivity contribution in [3.8, 4) is 5.75 Å². The van der Waals surface area contributed by atoms with E-state index in [0.29, 0.717) is 62.9 Å². The van der Waals surface area contributed by atoms with Crippen molar-refractivity contribution in [2.24, 2.45) is 29.6 Å². The summed E-state index contributed by atoms with van der Waals surface area (Å²) in [5.74, 6) is -1.96. The van der Waals surface area contributed by atoms with Crippen LogP contribution in [0.1, 0.15) is 48.5 Å². The Kier molecular flexibility index (Phi) is 8.47. The minimum atomic E-state index is -0.851. The number of nitrogens with one attached hydrogen (secondary N) is 1. The van der Waals surface area contributed by atoms with E-state index < -0.39 is 11.9 Å². The second-order valence-electron chi connectivity index (χ2n) is 12.5. The molecule has 0 spiro atoms. The van der Waals surface area contributed by atoms with Gasteiger partial charge in [-0.05, 0) is 55.2 Å². The number of likely N-dealkylation sites (tertiary alicyclic amines) is 1. The first-order valence-electron chi connectivity index (χ1n) is 15.5. The van der Waals surface area contributed by atoms with Gasteiger partial charge in [-0.1, -0.05) is 29.4 Å². The van der Waals surface area contributed by atoms with Gasteiger partial charge in [-0.2, -0.15) is 0 Å². The Morgan fingerprint density at radius 2 is 1.82 bits per heavy atom. The van der Waals surface area contributed by atoms with Crippen LogP contribution < -0.4 is 9.61 Å². The van der Waals surface area contributed by atoms with Crippen molar-refractivity contribution in [3.63, 3.8) is 0 Å². The molecule has 7 atom stereocenters. The fraction of sp³-hybridized carbons (Fsp3) is 0.581. The standard InChI is InChI=1S/C31H34ClN3O8S2/c32-15-5-6-19(43-14-20(36)34-8-10-42-11-9-34)16(12-15)22-23-17-13-18(26(23)44-28-27(22)45-31(41)33-28)25-24(17)29(39)35(30(25)40)7-3-1-2-4-21(37)38/h5-6,12,17-18,22-26H,1-4,7-11,13-14H2,(H,33,41)(H,37,38)/t17?,18?,22-,23?,24?,25?,26?/m1/s1. The molecule has 2 bridgehead atoms. The lowest BCUT2D eigenvalue weighted by atomic mass is 9.68. The van der Waals surface area contributed by atoms with Crippen molar-refractivity contribution in [1.29, 1.82) is 0 Å². The highest BCUT2D eigenvalue weighted by Gasteiger charge is 2.69. The van der Waals surface area contributed by atoms with Gasteiger partial charge in [0.25, 0.3) is 5.91 Å². The van der Waals surface area contributed by atoms with Crippen molar-refractivity contribution >= 4 is 58.4 Å². The quantitative estimate of drug-likeness (QED) is 0.286. The number of carbonyl (C=O) groups excluding carboxylic acids is 3. The molecule has 1 aromatic heterocycles. The lowest BCUT2D eigenvalue weighted by Crippen LogP contribution is -2.43. The summed E-state index contributed by atoms with van der Waals surface area (Å²) < 4.78 is 11.5. The number of thioether (sulfide) groups is 1. The molecule has 240 valence electrons. The van der Waals surface area contributed by atoms with Gasteiger partial charge in [0.2, 0.25) is 11.8 Å². The molecule has 0 radical (unpaired) electrons. The van der Waals surface area contributed by atoms with Gasteiger partial charge in [-0.3, -0.25) is 28.9 Å². The molecule has 6 unspecified atom stereocenters. The van der Waals surface area contributed by atoms with E-state index in [-0.39, 0.29) is 70.5 Å². The van der Waals surface area contributed by atoms with Gasteiger partial charge in [0.05, 0.1) is 30.1 Å². The number of carboxylic acids is 1. The molecular weight excluding hydrogens is 642 g/mol. The average molecular weight is 676 g/mol. The number of hydrogen-bond donors (Lipinski definition) is 2. The maximum Gasteiger partial charge on any atom is 0.305 e. The van der Waals surface area contributed by atoms with Crippen LogP contribution in [0.15, 0.2) is 28.0 Å². The molecular formula is C31H34ClN3O8S2. The van der Waals surface area contributed by atoms with Crippen molar-refractivity contribution < 1.29 is 33.8 Å². The zero-order chi connectivity index (χ0) is 31.4. The van der Waals surface area contributed by atoms with E-state index >= 15 is 0 Å². The van der Waals surface area contributed by atoms with Crippen molar-refractivity contribution in [2.75, 3.05) is 39.5 Å². The van der Waals surface area contributed by atoms with Gasteiger partial charge in [0, 0.05) is 52.7 Å². The number of benzene rings is 1. The van der Waals surface area contributed by atoms with Crippen LogP contribution in [0.5, 0.6) is 5.75 Å². The third-order valence-corrected chi connectivity index (χ3v) is 12.9. The number of carboxylic acid groups (broad SMARTS) is 1. The first-order valence-corrected chi connectivity index (χ1v) is 17.5. The van der Waals surface area contributed by atoms with Crippen molar-refractivity contribution in [2.45, 2.75) is 48.3 Å². The third-order valence-electron chi connectivity index (χ3n) is 10.1. The van der Waals surface area contributed by atoms with Gasteiger partial charge in [-0.25, -0.2) is 0 Å². The molecule has 5 aliphatic rings. The number of thiazole rings is 1. The van der Waals surface area contributed by atoms with E-state index in [0.717, 1.165) is 33.2 Å².